The van der Waals surface area contributed by atoms with Crippen LogP contribution in [-0.2, 0) is 17.9 Å². The first-order valence-electron chi connectivity index (χ1n) is 7.86. The molecule has 128 valence electrons. The Morgan fingerprint density at radius 2 is 2.08 bits per heavy atom. The van der Waals surface area contributed by atoms with E-state index in [0.29, 0.717) is 17.2 Å². The first-order chi connectivity index (χ1) is 12.0. The molecule has 1 aliphatic heterocycles. The minimum atomic E-state index is -1.03. The van der Waals surface area contributed by atoms with Crippen molar-refractivity contribution in [3.05, 3.63) is 46.4 Å². The summed E-state index contributed by atoms with van der Waals surface area (Å²) in [5.74, 6) is -0.0413. The standard InChI is InChI=1S/C17H16N4O3S/c1-9-3-4-11-12(8-25-14(11)5-9)16(22)21-7-15-19-18-10(2)20(15)6-13(21)17(23)24/h3-5,8,13H,6-7H2,1-2H3,(H,23,24). The van der Waals surface area contributed by atoms with Gasteiger partial charge in [0.2, 0.25) is 0 Å². The van der Waals surface area contributed by atoms with Gasteiger partial charge >= 0.3 is 5.97 Å². The SMILES string of the molecule is Cc1ccc2c(C(=O)N3Cc4nnc(C)n4CC3C(=O)O)csc2c1. The van der Waals surface area contributed by atoms with Crippen LogP contribution < -0.4 is 0 Å². The summed E-state index contributed by atoms with van der Waals surface area (Å²) in [6, 6.07) is 4.97. The molecule has 0 fully saturated rings. The van der Waals surface area contributed by atoms with Gasteiger partial charge in [-0.2, -0.15) is 0 Å². The molecule has 1 N–H and O–H groups in total. The highest BCUT2D eigenvalue weighted by molar-refractivity contribution is 7.17. The summed E-state index contributed by atoms with van der Waals surface area (Å²) in [5.41, 5.74) is 1.66. The Hall–Kier alpha value is -2.74. The van der Waals surface area contributed by atoms with E-state index in [0.717, 1.165) is 15.6 Å². The number of hydrogen-bond donors (Lipinski definition) is 1. The van der Waals surface area contributed by atoms with Crippen molar-refractivity contribution >= 4 is 33.3 Å². The van der Waals surface area contributed by atoms with Crippen LogP contribution in [0.2, 0.25) is 0 Å². The molecule has 0 aliphatic carbocycles. The molecule has 8 heteroatoms. The van der Waals surface area contributed by atoms with E-state index in [9.17, 15) is 14.7 Å². The second kappa shape index (κ2) is 5.66. The maximum Gasteiger partial charge on any atom is 0.328 e. The predicted octanol–water partition coefficient (Wildman–Crippen LogP) is 2.22. The number of nitrogens with zero attached hydrogens (tertiary/aromatic N) is 4. The quantitative estimate of drug-likeness (QED) is 0.761. The van der Waals surface area contributed by atoms with Crippen LogP contribution in [0.3, 0.4) is 0 Å². The monoisotopic (exact) mass is 356 g/mol. The largest absolute Gasteiger partial charge is 0.480 e. The van der Waals surface area contributed by atoms with E-state index in [1.807, 2.05) is 25.1 Å². The number of aryl methyl sites for hydroxylation is 2. The van der Waals surface area contributed by atoms with Crippen LogP contribution >= 0.6 is 11.3 Å². The van der Waals surface area contributed by atoms with E-state index in [-0.39, 0.29) is 19.0 Å². The van der Waals surface area contributed by atoms with Crippen molar-refractivity contribution in [2.45, 2.75) is 33.0 Å². The number of thiophene rings is 1. The van der Waals surface area contributed by atoms with Crippen molar-refractivity contribution in [3.63, 3.8) is 0 Å². The van der Waals surface area contributed by atoms with Crippen LogP contribution in [0.15, 0.2) is 23.6 Å². The number of aliphatic carboxylic acids is 1. The van der Waals surface area contributed by atoms with E-state index in [1.165, 1.54) is 16.2 Å². The zero-order valence-corrected chi connectivity index (χ0v) is 14.6. The smallest absolute Gasteiger partial charge is 0.328 e. The number of carbonyl (C=O) groups excluding carboxylic acids is 1. The lowest BCUT2D eigenvalue weighted by Crippen LogP contribution is -2.50. The van der Waals surface area contributed by atoms with E-state index in [4.69, 9.17) is 0 Å². The fraction of sp³-hybridized carbons (Fsp3) is 0.294. The fourth-order valence-corrected chi connectivity index (χ4v) is 4.23. The number of fused-ring (bicyclic) bond motifs is 2. The van der Waals surface area contributed by atoms with Gasteiger partial charge in [0.15, 0.2) is 5.82 Å². The molecule has 0 radical (unpaired) electrons. The molecule has 0 saturated carbocycles. The predicted molar refractivity (Wildman–Crippen MR) is 92.6 cm³/mol. The molecule has 0 bridgehead atoms. The maximum atomic E-state index is 13.1. The number of amides is 1. The lowest BCUT2D eigenvalue weighted by Gasteiger charge is -2.33. The van der Waals surface area contributed by atoms with Gasteiger partial charge in [-0.25, -0.2) is 4.79 Å². The molecular formula is C17H16N4O3S. The van der Waals surface area contributed by atoms with E-state index >= 15 is 0 Å². The Morgan fingerprint density at radius 1 is 1.28 bits per heavy atom. The van der Waals surface area contributed by atoms with Crippen molar-refractivity contribution in [2.24, 2.45) is 0 Å². The first kappa shape index (κ1) is 15.8. The molecule has 1 unspecified atom stereocenters. The zero-order chi connectivity index (χ0) is 17.7. The Balaban J connectivity index is 1.75. The van der Waals surface area contributed by atoms with Gasteiger partial charge in [0, 0.05) is 15.5 Å². The van der Waals surface area contributed by atoms with Crippen LogP contribution in [0.1, 0.15) is 27.6 Å². The lowest BCUT2D eigenvalue weighted by molar-refractivity contribution is -0.143. The third kappa shape index (κ3) is 2.49. The van der Waals surface area contributed by atoms with Gasteiger partial charge in [0.05, 0.1) is 18.7 Å². The number of benzene rings is 1. The molecule has 2 aromatic heterocycles. The highest BCUT2D eigenvalue weighted by atomic mass is 32.1. The molecular weight excluding hydrogens is 340 g/mol. The van der Waals surface area contributed by atoms with Gasteiger partial charge in [0.25, 0.3) is 5.91 Å². The Bertz CT molecular complexity index is 1010. The summed E-state index contributed by atoms with van der Waals surface area (Å²) in [5, 5.41) is 20.3. The molecule has 1 aliphatic rings. The Morgan fingerprint density at radius 3 is 2.84 bits per heavy atom. The molecule has 3 aromatic rings. The number of aromatic nitrogens is 3. The van der Waals surface area contributed by atoms with Crippen molar-refractivity contribution in [2.75, 3.05) is 0 Å². The topological polar surface area (TPSA) is 88.3 Å². The molecule has 1 amide bonds. The summed E-state index contributed by atoms with van der Waals surface area (Å²) in [4.78, 5) is 26.2. The van der Waals surface area contributed by atoms with Crippen molar-refractivity contribution < 1.29 is 14.7 Å². The van der Waals surface area contributed by atoms with Gasteiger partial charge in [-0.05, 0) is 25.5 Å². The highest BCUT2D eigenvalue weighted by Gasteiger charge is 2.37. The van der Waals surface area contributed by atoms with Crippen LogP contribution in [0.4, 0.5) is 0 Å². The van der Waals surface area contributed by atoms with E-state index in [1.54, 1.807) is 16.9 Å². The number of carbonyl (C=O) groups is 2. The average Bonchev–Trinajstić information content (AvgIpc) is 3.16. The van der Waals surface area contributed by atoms with Gasteiger partial charge in [-0.15, -0.1) is 21.5 Å². The molecule has 4 rings (SSSR count). The third-order valence-electron chi connectivity index (χ3n) is 4.56. The Kier molecular flexibility index (Phi) is 3.57. The van der Waals surface area contributed by atoms with Crippen molar-refractivity contribution in [3.8, 4) is 0 Å². The van der Waals surface area contributed by atoms with Gasteiger partial charge in [-0.1, -0.05) is 12.1 Å². The molecule has 3 heterocycles. The minimum absolute atomic E-state index is 0.139. The van der Waals surface area contributed by atoms with Crippen molar-refractivity contribution in [1.82, 2.24) is 19.7 Å². The summed E-state index contributed by atoms with van der Waals surface area (Å²) >= 11 is 1.49. The van der Waals surface area contributed by atoms with Gasteiger partial charge in [-0.3, -0.25) is 4.79 Å². The highest BCUT2D eigenvalue weighted by Crippen LogP contribution is 2.30. The fourth-order valence-electron chi connectivity index (χ4n) is 3.19. The molecule has 1 aromatic carbocycles. The molecule has 0 spiro atoms. The van der Waals surface area contributed by atoms with Crippen LogP contribution in [-0.4, -0.2) is 42.7 Å². The normalized spacial score (nSPS) is 16.9. The van der Waals surface area contributed by atoms with Crippen LogP contribution in [0.5, 0.6) is 0 Å². The van der Waals surface area contributed by atoms with Crippen LogP contribution in [0.25, 0.3) is 10.1 Å². The lowest BCUT2D eigenvalue weighted by atomic mass is 10.1. The zero-order valence-electron chi connectivity index (χ0n) is 13.8. The Labute approximate surface area is 147 Å². The number of carboxylic acids is 1. The van der Waals surface area contributed by atoms with Gasteiger partial charge < -0.3 is 14.6 Å². The summed E-state index contributed by atoms with van der Waals surface area (Å²) in [7, 11) is 0. The summed E-state index contributed by atoms with van der Waals surface area (Å²) in [6.07, 6.45) is 0. The second-order valence-electron chi connectivity index (χ2n) is 6.21. The summed E-state index contributed by atoms with van der Waals surface area (Å²) < 4.78 is 2.78. The average molecular weight is 356 g/mol. The van der Waals surface area contributed by atoms with E-state index in [2.05, 4.69) is 10.2 Å². The molecule has 25 heavy (non-hydrogen) atoms. The molecule has 0 saturated heterocycles. The number of rotatable bonds is 2. The first-order valence-corrected chi connectivity index (χ1v) is 8.74. The summed E-state index contributed by atoms with van der Waals surface area (Å²) in [6.45, 7) is 4.08. The molecule has 1 atom stereocenters. The third-order valence-corrected chi connectivity index (χ3v) is 5.51. The maximum absolute atomic E-state index is 13.1. The second-order valence-corrected chi connectivity index (χ2v) is 7.12. The number of carboxylic acid groups (broad SMARTS) is 1. The van der Waals surface area contributed by atoms with E-state index < -0.39 is 12.0 Å². The van der Waals surface area contributed by atoms with Gasteiger partial charge in [0.1, 0.15) is 11.9 Å². The minimum Gasteiger partial charge on any atom is -0.480 e. The van der Waals surface area contributed by atoms with Crippen molar-refractivity contribution in [1.29, 1.82) is 0 Å². The molecule has 7 nitrogen and oxygen atoms in total. The van der Waals surface area contributed by atoms with Crippen LogP contribution in [0, 0.1) is 13.8 Å². The number of hydrogen-bond acceptors (Lipinski definition) is 5.